The Hall–Kier alpha value is -7.08. The summed E-state index contributed by atoms with van der Waals surface area (Å²) in [5.74, 6) is 0. The van der Waals surface area contributed by atoms with Crippen molar-refractivity contribution in [2.45, 2.75) is 26.2 Å². The number of hydrogen-bond acceptors (Lipinski definition) is 5. The van der Waals surface area contributed by atoms with Gasteiger partial charge in [-0.3, -0.25) is 0 Å². The standard InChI is InChI=1S/C54H36O4S/c1-54(2,3)38-20-21-39-35(28-38)19-22-48-45(39)30-47(53(56)57-48)50-24-23-49(59-50)36-18-16-31-15-17-33(26-37(31)27-36)32-9-8-10-34(25-32)44-29-46-42-13-5-4-11-40(42)41-12-6-7-14-43(41)51(46)58-52(44)55/h4-30H,1-3H3. The van der Waals surface area contributed by atoms with Gasteiger partial charge in [-0.2, -0.15) is 0 Å². The van der Waals surface area contributed by atoms with Gasteiger partial charge >= 0.3 is 11.3 Å². The molecule has 0 spiro atoms. The van der Waals surface area contributed by atoms with E-state index in [0.29, 0.717) is 22.3 Å². The van der Waals surface area contributed by atoms with Crippen LogP contribution in [0.4, 0.5) is 0 Å². The minimum absolute atomic E-state index is 0.0332. The van der Waals surface area contributed by atoms with Crippen molar-refractivity contribution < 1.29 is 8.83 Å². The van der Waals surface area contributed by atoms with E-state index >= 15 is 0 Å². The van der Waals surface area contributed by atoms with Gasteiger partial charge in [-0.1, -0.05) is 136 Å². The monoisotopic (exact) mass is 780 g/mol. The molecule has 0 aliphatic rings. The summed E-state index contributed by atoms with van der Waals surface area (Å²) >= 11 is 1.59. The third kappa shape index (κ3) is 5.88. The van der Waals surface area contributed by atoms with Crippen molar-refractivity contribution in [3.63, 3.8) is 0 Å². The average molecular weight is 781 g/mol. The highest BCUT2D eigenvalue weighted by atomic mass is 32.1. The van der Waals surface area contributed by atoms with Gasteiger partial charge < -0.3 is 8.83 Å². The second-order valence-electron chi connectivity index (χ2n) is 16.4. The molecule has 4 nitrogen and oxygen atoms in total. The first-order valence-electron chi connectivity index (χ1n) is 19.8. The Morgan fingerprint density at radius 2 is 1.03 bits per heavy atom. The number of rotatable bonds is 4. The summed E-state index contributed by atoms with van der Waals surface area (Å²) in [6.07, 6.45) is 0. The van der Waals surface area contributed by atoms with Crippen molar-refractivity contribution in [1.29, 1.82) is 0 Å². The first-order valence-corrected chi connectivity index (χ1v) is 20.6. The lowest BCUT2D eigenvalue weighted by molar-refractivity contribution is 0.564. The fourth-order valence-electron chi connectivity index (χ4n) is 8.59. The van der Waals surface area contributed by atoms with Gasteiger partial charge in [0.2, 0.25) is 0 Å². The van der Waals surface area contributed by atoms with Crippen LogP contribution in [0.1, 0.15) is 26.3 Å². The molecule has 0 atom stereocenters. The molecular formula is C54H36O4S. The molecule has 3 heterocycles. The molecule has 0 radical (unpaired) electrons. The molecule has 0 saturated carbocycles. The van der Waals surface area contributed by atoms with Crippen molar-refractivity contribution in [1.82, 2.24) is 0 Å². The largest absolute Gasteiger partial charge is 0.422 e. The summed E-state index contributed by atoms with van der Waals surface area (Å²) < 4.78 is 12.0. The highest BCUT2D eigenvalue weighted by Gasteiger charge is 2.18. The average Bonchev–Trinajstić information content (AvgIpc) is 3.75. The van der Waals surface area contributed by atoms with Gasteiger partial charge in [-0.25, -0.2) is 9.59 Å². The zero-order valence-electron chi connectivity index (χ0n) is 32.6. The molecule has 8 aromatic carbocycles. The Labute approximate surface area is 343 Å². The maximum Gasteiger partial charge on any atom is 0.345 e. The van der Waals surface area contributed by atoms with Crippen molar-refractivity contribution in [3.8, 4) is 43.1 Å². The van der Waals surface area contributed by atoms with E-state index in [-0.39, 0.29) is 16.7 Å². The molecule has 0 N–H and O–H groups in total. The van der Waals surface area contributed by atoms with Crippen LogP contribution in [0.2, 0.25) is 0 Å². The lowest BCUT2D eigenvalue weighted by atomic mass is 9.85. The van der Waals surface area contributed by atoms with Crippen LogP contribution in [0, 0.1) is 0 Å². The normalized spacial score (nSPS) is 12.1. The minimum Gasteiger partial charge on any atom is -0.422 e. The molecule has 0 bridgehead atoms. The van der Waals surface area contributed by atoms with Crippen LogP contribution in [0.15, 0.2) is 182 Å². The molecule has 282 valence electrons. The van der Waals surface area contributed by atoms with E-state index in [9.17, 15) is 9.59 Å². The fourth-order valence-corrected chi connectivity index (χ4v) is 9.60. The summed E-state index contributed by atoms with van der Waals surface area (Å²) in [6, 6.07) is 56.0. The first kappa shape index (κ1) is 35.1. The number of benzene rings is 8. The summed E-state index contributed by atoms with van der Waals surface area (Å²) in [6.45, 7) is 6.64. The molecule has 11 aromatic rings. The molecule has 59 heavy (non-hydrogen) atoms. The van der Waals surface area contributed by atoms with E-state index in [1.807, 2.05) is 72.8 Å². The van der Waals surface area contributed by atoms with Crippen LogP contribution < -0.4 is 11.3 Å². The quantitative estimate of drug-likeness (QED) is 0.132. The zero-order valence-corrected chi connectivity index (χ0v) is 33.4. The van der Waals surface area contributed by atoms with Gasteiger partial charge in [0.25, 0.3) is 0 Å². The lowest BCUT2D eigenvalue weighted by Gasteiger charge is -2.19. The van der Waals surface area contributed by atoms with Gasteiger partial charge in [-0.05, 0) is 119 Å². The van der Waals surface area contributed by atoms with Crippen LogP contribution in [-0.2, 0) is 5.41 Å². The van der Waals surface area contributed by atoms with E-state index in [0.717, 1.165) is 85.9 Å². The molecule has 0 fully saturated rings. The van der Waals surface area contributed by atoms with Crippen LogP contribution in [0.25, 0.3) is 108 Å². The second kappa shape index (κ2) is 13.2. The van der Waals surface area contributed by atoms with Crippen molar-refractivity contribution in [2.75, 3.05) is 0 Å². The number of hydrogen-bond donors (Lipinski definition) is 0. The molecule has 0 aliphatic heterocycles. The molecule has 3 aromatic heterocycles. The predicted molar refractivity (Wildman–Crippen MR) is 247 cm³/mol. The third-order valence-electron chi connectivity index (χ3n) is 11.7. The van der Waals surface area contributed by atoms with Gasteiger partial charge in [0, 0.05) is 25.9 Å². The van der Waals surface area contributed by atoms with Crippen molar-refractivity contribution in [2.24, 2.45) is 0 Å². The maximum absolute atomic E-state index is 13.7. The molecule has 0 amide bonds. The highest BCUT2D eigenvalue weighted by molar-refractivity contribution is 7.18. The molecule has 0 saturated heterocycles. The molecule has 11 rings (SSSR count). The number of fused-ring (bicyclic) bond motifs is 10. The predicted octanol–water partition coefficient (Wildman–Crippen LogP) is 14.5. The smallest absolute Gasteiger partial charge is 0.345 e. The van der Waals surface area contributed by atoms with E-state index in [1.165, 1.54) is 5.56 Å². The topological polar surface area (TPSA) is 60.4 Å². The Morgan fingerprint density at radius 3 is 1.83 bits per heavy atom. The molecular weight excluding hydrogens is 745 g/mol. The zero-order chi connectivity index (χ0) is 40.0. The summed E-state index contributed by atoms with van der Waals surface area (Å²) in [4.78, 5) is 29.0. The Bertz CT molecular complexity index is 3650. The van der Waals surface area contributed by atoms with Crippen LogP contribution in [-0.4, -0.2) is 0 Å². The molecule has 0 aliphatic carbocycles. The van der Waals surface area contributed by atoms with Crippen molar-refractivity contribution >= 4 is 76.4 Å². The van der Waals surface area contributed by atoms with Crippen LogP contribution in [0.5, 0.6) is 0 Å². The van der Waals surface area contributed by atoms with E-state index in [2.05, 4.69) is 112 Å². The Balaban J connectivity index is 0.948. The van der Waals surface area contributed by atoms with E-state index in [1.54, 1.807) is 11.3 Å². The van der Waals surface area contributed by atoms with E-state index in [4.69, 9.17) is 8.83 Å². The SMILES string of the molecule is CC(C)(C)c1ccc2c(ccc3oc(=O)c(-c4ccc(-c5ccc6ccc(-c7cccc(-c8cc9c%10ccccc%10c%10ccccc%10c9oc8=O)c7)cc6c5)s4)cc32)c1. The lowest BCUT2D eigenvalue weighted by Crippen LogP contribution is -2.10. The summed E-state index contributed by atoms with van der Waals surface area (Å²) in [5.41, 5.74) is 6.79. The summed E-state index contributed by atoms with van der Waals surface area (Å²) in [7, 11) is 0. The first-order chi connectivity index (χ1) is 28.7. The third-order valence-corrected chi connectivity index (χ3v) is 12.9. The minimum atomic E-state index is -0.363. The Morgan fingerprint density at radius 1 is 0.407 bits per heavy atom. The highest BCUT2D eigenvalue weighted by Crippen LogP contribution is 2.39. The molecule has 0 unspecified atom stereocenters. The number of thiophene rings is 1. The Kier molecular flexibility index (Phi) is 7.88. The second-order valence-corrected chi connectivity index (χ2v) is 17.5. The van der Waals surface area contributed by atoms with Crippen LogP contribution >= 0.6 is 11.3 Å². The summed E-state index contributed by atoms with van der Waals surface area (Å²) in [5, 5.41) is 10.4. The molecule has 5 heteroatoms. The van der Waals surface area contributed by atoms with Crippen molar-refractivity contribution in [3.05, 3.63) is 190 Å². The van der Waals surface area contributed by atoms with Gasteiger partial charge in [0.05, 0.1) is 11.1 Å². The van der Waals surface area contributed by atoms with Crippen LogP contribution in [0.3, 0.4) is 0 Å². The van der Waals surface area contributed by atoms with Gasteiger partial charge in [0.15, 0.2) is 0 Å². The van der Waals surface area contributed by atoms with Gasteiger partial charge in [0.1, 0.15) is 11.2 Å². The maximum atomic E-state index is 13.7. The van der Waals surface area contributed by atoms with E-state index < -0.39 is 0 Å². The van der Waals surface area contributed by atoms with Gasteiger partial charge in [-0.15, -0.1) is 11.3 Å². The fraction of sp³-hybridized carbons (Fsp3) is 0.0741.